The first-order valence-corrected chi connectivity index (χ1v) is 17.7. The molecule has 0 saturated carbocycles. The van der Waals surface area contributed by atoms with Crippen LogP contribution in [-0.2, 0) is 0 Å². The van der Waals surface area contributed by atoms with Gasteiger partial charge >= 0.3 is 0 Å². The van der Waals surface area contributed by atoms with Crippen LogP contribution in [0.1, 0.15) is 0 Å². The van der Waals surface area contributed by atoms with E-state index in [1.165, 1.54) is 0 Å². The molecule has 0 fully saturated rings. The third-order valence-corrected chi connectivity index (χ3v) is 10.7. The first kappa shape index (κ1) is 28.5. The molecule has 0 atom stereocenters. The van der Waals surface area contributed by atoms with E-state index in [9.17, 15) is 0 Å². The van der Waals surface area contributed by atoms with Gasteiger partial charge in [-0.3, -0.25) is 0 Å². The Morgan fingerprint density at radius 3 is 1.53 bits per heavy atom. The van der Waals surface area contributed by atoms with Gasteiger partial charge in [-0.25, -0.2) is 0 Å². The summed E-state index contributed by atoms with van der Waals surface area (Å²) in [5.74, 6) is 0. The van der Waals surface area contributed by atoms with E-state index in [-0.39, 0.29) is 0 Å². The smallest absolute Gasteiger partial charge is 0.159 e. The number of furan rings is 4. The summed E-state index contributed by atoms with van der Waals surface area (Å²) in [6, 6.07) is 56.4. The molecule has 0 aliphatic carbocycles. The van der Waals surface area contributed by atoms with Crippen molar-refractivity contribution < 1.29 is 17.7 Å². The number of benzene rings is 8. The maximum atomic E-state index is 6.67. The van der Waals surface area contributed by atoms with E-state index in [1.807, 2.05) is 42.5 Å². The number of nitrogens with zero attached hydrogens (tertiary/aromatic N) is 1. The van der Waals surface area contributed by atoms with Crippen molar-refractivity contribution in [2.45, 2.75) is 0 Å². The van der Waals surface area contributed by atoms with E-state index in [4.69, 9.17) is 17.7 Å². The van der Waals surface area contributed by atoms with Crippen LogP contribution < -0.4 is 4.90 Å². The first-order valence-electron chi connectivity index (χ1n) is 17.7. The van der Waals surface area contributed by atoms with E-state index in [0.29, 0.717) is 0 Å². The van der Waals surface area contributed by atoms with E-state index in [2.05, 4.69) is 126 Å². The lowest BCUT2D eigenvalue weighted by Crippen LogP contribution is -2.10. The summed E-state index contributed by atoms with van der Waals surface area (Å²) >= 11 is 0. The zero-order valence-corrected chi connectivity index (χ0v) is 28.2. The summed E-state index contributed by atoms with van der Waals surface area (Å²) in [5.41, 5.74) is 11.6. The fourth-order valence-corrected chi connectivity index (χ4v) is 8.33. The first-order chi connectivity index (χ1) is 26.3. The largest absolute Gasteiger partial charge is 0.456 e. The third-order valence-electron chi connectivity index (χ3n) is 10.7. The summed E-state index contributed by atoms with van der Waals surface area (Å²) < 4.78 is 26.3. The highest BCUT2D eigenvalue weighted by Crippen LogP contribution is 2.49. The van der Waals surface area contributed by atoms with Crippen LogP contribution in [0.25, 0.3) is 98.9 Å². The lowest BCUT2D eigenvalue weighted by molar-refractivity contribution is 0.662. The van der Waals surface area contributed by atoms with Crippen LogP contribution >= 0.6 is 0 Å². The van der Waals surface area contributed by atoms with Crippen molar-refractivity contribution in [3.05, 3.63) is 164 Å². The average molecular weight is 682 g/mol. The van der Waals surface area contributed by atoms with Crippen molar-refractivity contribution in [2.24, 2.45) is 0 Å². The summed E-state index contributed by atoms with van der Waals surface area (Å²) in [6.45, 7) is 0. The molecule has 4 aromatic heterocycles. The molecule has 0 aliphatic heterocycles. The van der Waals surface area contributed by atoms with Crippen molar-refractivity contribution in [1.29, 1.82) is 0 Å². The summed E-state index contributed by atoms with van der Waals surface area (Å²) in [6.07, 6.45) is 0. The molecule has 8 aromatic carbocycles. The number of hydrogen-bond acceptors (Lipinski definition) is 5. The minimum absolute atomic E-state index is 0.773. The van der Waals surface area contributed by atoms with Gasteiger partial charge in [-0.05, 0) is 66.2 Å². The van der Waals surface area contributed by atoms with Crippen LogP contribution in [0.15, 0.2) is 181 Å². The highest BCUT2D eigenvalue weighted by molar-refractivity contribution is 6.25. The minimum atomic E-state index is 0.773. The van der Waals surface area contributed by atoms with Gasteiger partial charge in [-0.2, -0.15) is 0 Å². The zero-order chi connectivity index (χ0) is 34.6. The molecule has 0 saturated heterocycles. The van der Waals surface area contributed by atoms with Crippen LogP contribution in [0.4, 0.5) is 17.1 Å². The molecular weight excluding hydrogens is 655 g/mol. The van der Waals surface area contributed by atoms with Gasteiger partial charge in [0.15, 0.2) is 5.58 Å². The Kier molecular flexibility index (Phi) is 5.71. The molecule has 4 heterocycles. The summed E-state index contributed by atoms with van der Waals surface area (Å²) in [5, 5.41) is 8.40. The van der Waals surface area contributed by atoms with Gasteiger partial charge in [0.05, 0.1) is 22.1 Å². The lowest BCUT2D eigenvalue weighted by Gasteiger charge is -2.26. The monoisotopic (exact) mass is 681 g/mol. The van der Waals surface area contributed by atoms with Gasteiger partial charge in [-0.1, -0.05) is 103 Å². The quantitative estimate of drug-likeness (QED) is 0.185. The molecule has 12 rings (SSSR count). The van der Waals surface area contributed by atoms with Crippen LogP contribution in [0, 0.1) is 0 Å². The Labute approximate surface area is 301 Å². The molecule has 0 N–H and O–H groups in total. The maximum absolute atomic E-state index is 6.67. The van der Waals surface area contributed by atoms with Crippen molar-refractivity contribution in [2.75, 3.05) is 4.90 Å². The Morgan fingerprint density at radius 1 is 0.302 bits per heavy atom. The maximum Gasteiger partial charge on any atom is 0.159 e. The second kappa shape index (κ2) is 10.6. The number of hydrogen-bond donors (Lipinski definition) is 0. The topological polar surface area (TPSA) is 55.8 Å². The Morgan fingerprint density at radius 2 is 0.811 bits per heavy atom. The van der Waals surface area contributed by atoms with Crippen molar-refractivity contribution in [1.82, 2.24) is 0 Å². The fraction of sp³-hybridized carbons (Fsp3) is 0. The lowest BCUT2D eigenvalue weighted by atomic mass is 10.0. The van der Waals surface area contributed by atoms with Crippen molar-refractivity contribution >= 4 is 105 Å². The fourth-order valence-electron chi connectivity index (χ4n) is 8.33. The minimum Gasteiger partial charge on any atom is -0.456 e. The second-order valence-electron chi connectivity index (χ2n) is 13.6. The van der Waals surface area contributed by atoms with Gasteiger partial charge < -0.3 is 22.6 Å². The van der Waals surface area contributed by atoms with Gasteiger partial charge in [0.1, 0.15) is 39.1 Å². The molecule has 53 heavy (non-hydrogen) atoms. The van der Waals surface area contributed by atoms with Crippen LogP contribution in [0.3, 0.4) is 0 Å². The molecule has 12 aromatic rings. The van der Waals surface area contributed by atoms with Crippen LogP contribution in [0.2, 0.25) is 0 Å². The third kappa shape index (κ3) is 4.02. The zero-order valence-electron chi connectivity index (χ0n) is 28.2. The predicted molar refractivity (Wildman–Crippen MR) is 216 cm³/mol. The Hall–Kier alpha value is -7.24. The molecule has 0 bridgehead atoms. The predicted octanol–water partition coefficient (Wildman–Crippen LogP) is 14.4. The number of rotatable bonds is 4. The molecule has 5 nitrogen and oxygen atoms in total. The molecule has 0 aliphatic rings. The SMILES string of the molecule is c1ccc2c(c1)oc1c(-c3ccc(N(c4cccc5c4oc4ccccc45)c4cccc5oc6ccc7c8ccccc8oc7c6c45)cc3)cccc12. The second-order valence-corrected chi connectivity index (χ2v) is 13.6. The Balaban J connectivity index is 1.13. The molecule has 5 heteroatoms. The average Bonchev–Trinajstić information content (AvgIpc) is 3.98. The standard InChI is InChI=1S/C48H27NO4/c1-4-18-39-31(10-1)34-14-7-13-30(46(34)51-39)28-22-24-29(25-23-28)49(38-17-8-15-35-32-11-2-5-19-40(32)52-47(35)38)37-16-9-21-42-44(37)45-43(50-42)27-26-36-33-12-3-6-20-41(33)53-48(36)45/h1-27H. The highest BCUT2D eigenvalue weighted by atomic mass is 16.3. The van der Waals surface area contributed by atoms with E-state index >= 15 is 0 Å². The number of para-hydroxylation sites is 5. The molecule has 0 amide bonds. The molecule has 248 valence electrons. The van der Waals surface area contributed by atoms with Crippen molar-refractivity contribution in [3.63, 3.8) is 0 Å². The van der Waals surface area contributed by atoms with E-state index in [1.54, 1.807) is 0 Å². The van der Waals surface area contributed by atoms with Crippen LogP contribution in [-0.4, -0.2) is 0 Å². The van der Waals surface area contributed by atoms with Gasteiger partial charge in [0.2, 0.25) is 0 Å². The molecule has 0 unspecified atom stereocenters. The van der Waals surface area contributed by atoms with Crippen molar-refractivity contribution in [3.8, 4) is 11.1 Å². The van der Waals surface area contributed by atoms with Gasteiger partial charge in [0, 0.05) is 43.6 Å². The van der Waals surface area contributed by atoms with E-state index < -0.39 is 0 Å². The number of anilines is 3. The highest BCUT2D eigenvalue weighted by Gasteiger charge is 2.25. The van der Waals surface area contributed by atoms with Crippen LogP contribution in [0.5, 0.6) is 0 Å². The molecular formula is C48H27NO4. The van der Waals surface area contributed by atoms with E-state index in [0.717, 1.165) is 116 Å². The molecule has 0 radical (unpaired) electrons. The van der Waals surface area contributed by atoms with Gasteiger partial charge in [-0.15, -0.1) is 0 Å². The normalized spacial score (nSPS) is 12.2. The summed E-state index contributed by atoms with van der Waals surface area (Å²) in [4.78, 5) is 2.29. The Bertz CT molecular complexity index is 3410. The number of fused-ring (bicyclic) bond motifs is 13. The molecule has 0 spiro atoms. The van der Waals surface area contributed by atoms with Gasteiger partial charge in [0.25, 0.3) is 0 Å². The summed E-state index contributed by atoms with van der Waals surface area (Å²) in [7, 11) is 0.